The third-order valence-corrected chi connectivity index (χ3v) is 4.02. The van der Waals surface area contributed by atoms with Crippen molar-refractivity contribution in [2.75, 3.05) is 5.32 Å². The molecule has 0 radical (unpaired) electrons. The van der Waals surface area contributed by atoms with Crippen LogP contribution in [0.15, 0.2) is 71.8 Å². The number of hydrogen-bond acceptors (Lipinski definition) is 2. The van der Waals surface area contributed by atoms with Crippen molar-refractivity contribution in [3.05, 3.63) is 77.9 Å². The molecular weight excluding hydrogens is 310 g/mol. The molecule has 0 aliphatic rings. The van der Waals surface area contributed by atoms with Crippen LogP contribution in [0.25, 0.3) is 10.8 Å². The molecule has 0 aliphatic heterocycles. The number of amides is 2. The summed E-state index contributed by atoms with van der Waals surface area (Å²) in [7, 11) is 0. The second-order valence-corrected chi connectivity index (χ2v) is 6.17. The van der Waals surface area contributed by atoms with Crippen LogP contribution in [0.5, 0.6) is 0 Å². The fraction of sp³-hybridized carbons (Fsp3) is 0.143. The van der Waals surface area contributed by atoms with Crippen molar-refractivity contribution in [1.82, 2.24) is 5.43 Å². The standard InChI is InChI=1S/C21H21N3O/c1-15(2)17-12-10-16(11-13-17)14-22-24-21(25)23-20-9-5-7-18-6-3-4-8-19(18)20/h3-15H,1-2H3,(H2,23,24,25)/b22-14+. The molecule has 2 amide bonds. The fourth-order valence-corrected chi connectivity index (χ4v) is 2.62. The number of hydrazone groups is 1. The van der Waals surface area contributed by atoms with E-state index in [0.29, 0.717) is 5.92 Å². The van der Waals surface area contributed by atoms with Crippen molar-refractivity contribution in [3.63, 3.8) is 0 Å². The van der Waals surface area contributed by atoms with Crippen LogP contribution < -0.4 is 10.7 Å². The molecule has 3 aromatic rings. The van der Waals surface area contributed by atoms with E-state index in [1.54, 1.807) is 6.21 Å². The Morgan fingerprint density at radius 3 is 2.44 bits per heavy atom. The lowest BCUT2D eigenvalue weighted by atomic mass is 10.0. The van der Waals surface area contributed by atoms with Crippen LogP contribution in [-0.2, 0) is 0 Å². The van der Waals surface area contributed by atoms with Crippen molar-refractivity contribution in [2.24, 2.45) is 5.10 Å². The lowest BCUT2D eigenvalue weighted by Crippen LogP contribution is -2.24. The summed E-state index contributed by atoms with van der Waals surface area (Å²) in [4.78, 5) is 12.1. The summed E-state index contributed by atoms with van der Waals surface area (Å²) in [5.74, 6) is 0.496. The number of nitrogens with zero attached hydrogens (tertiary/aromatic N) is 1. The van der Waals surface area contributed by atoms with Crippen LogP contribution in [0.3, 0.4) is 0 Å². The van der Waals surface area contributed by atoms with Gasteiger partial charge in [0.05, 0.1) is 11.9 Å². The first kappa shape index (κ1) is 16.7. The van der Waals surface area contributed by atoms with Crippen LogP contribution in [0.1, 0.15) is 30.9 Å². The molecule has 0 spiro atoms. The van der Waals surface area contributed by atoms with Gasteiger partial charge in [0.15, 0.2) is 0 Å². The highest BCUT2D eigenvalue weighted by Gasteiger charge is 2.04. The fourth-order valence-electron chi connectivity index (χ4n) is 2.62. The summed E-state index contributed by atoms with van der Waals surface area (Å²) in [6.45, 7) is 4.31. The Bertz CT molecular complexity index is 893. The highest BCUT2D eigenvalue weighted by Crippen LogP contribution is 2.22. The summed E-state index contributed by atoms with van der Waals surface area (Å²) in [6.07, 6.45) is 1.63. The van der Waals surface area contributed by atoms with Gasteiger partial charge in [-0.3, -0.25) is 0 Å². The van der Waals surface area contributed by atoms with E-state index in [1.165, 1.54) is 5.56 Å². The average Bonchev–Trinajstić information content (AvgIpc) is 2.62. The van der Waals surface area contributed by atoms with Crippen LogP contribution in [0.4, 0.5) is 10.5 Å². The second-order valence-electron chi connectivity index (χ2n) is 6.17. The predicted molar refractivity (Wildman–Crippen MR) is 104 cm³/mol. The number of nitrogens with one attached hydrogen (secondary N) is 2. The van der Waals surface area contributed by atoms with Crippen molar-refractivity contribution in [2.45, 2.75) is 19.8 Å². The first-order valence-corrected chi connectivity index (χ1v) is 8.31. The molecule has 0 bridgehead atoms. The molecule has 0 saturated carbocycles. The van der Waals surface area contributed by atoms with E-state index in [2.05, 4.69) is 41.8 Å². The Hall–Kier alpha value is -3.14. The summed E-state index contributed by atoms with van der Waals surface area (Å²) in [5.41, 5.74) is 5.47. The highest BCUT2D eigenvalue weighted by molar-refractivity contribution is 6.01. The molecule has 25 heavy (non-hydrogen) atoms. The van der Waals surface area contributed by atoms with Crippen molar-refractivity contribution < 1.29 is 4.79 Å². The molecular formula is C21H21N3O. The van der Waals surface area contributed by atoms with E-state index in [4.69, 9.17) is 0 Å². The SMILES string of the molecule is CC(C)c1ccc(/C=N/NC(=O)Nc2cccc3ccccc23)cc1. The van der Waals surface area contributed by atoms with Gasteiger partial charge in [0, 0.05) is 5.39 Å². The number of benzene rings is 3. The van der Waals surface area contributed by atoms with Crippen LogP contribution >= 0.6 is 0 Å². The predicted octanol–water partition coefficient (Wildman–Crippen LogP) is 5.12. The first-order chi connectivity index (χ1) is 12.1. The number of urea groups is 1. The summed E-state index contributed by atoms with van der Waals surface area (Å²) < 4.78 is 0. The molecule has 0 atom stereocenters. The number of anilines is 1. The third kappa shape index (κ3) is 4.23. The van der Waals surface area contributed by atoms with E-state index in [1.807, 2.05) is 54.6 Å². The van der Waals surface area contributed by atoms with Gasteiger partial charge >= 0.3 is 6.03 Å². The zero-order chi connectivity index (χ0) is 17.6. The maximum atomic E-state index is 12.1. The van der Waals surface area contributed by atoms with Crippen LogP contribution in [0, 0.1) is 0 Å². The molecule has 0 saturated heterocycles. The number of carbonyl (C=O) groups excluding carboxylic acids is 1. The molecule has 0 unspecified atom stereocenters. The minimum Gasteiger partial charge on any atom is -0.306 e. The summed E-state index contributed by atoms with van der Waals surface area (Å²) in [5, 5.41) is 8.91. The zero-order valence-electron chi connectivity index (χ0n) is 14.4. The van der Waals surface area contributed by atoms with Gasteiger partial charge in [0.2, 0.25) is 0 Å². The van der Waals surface area contributed by atoms with Gasteiger partial charge < -0.3 is 5.32 Å². The Morgan fingerprint density at radius 2 is 1.68 bits per heavy atom. The van der Waals surface area contributed by atoms with Crippen molar-refractivity contribution >= 4 is 28.7 Å². The molecule has 4 nitrogen and oxygen atoms in total. The number of carbonyl (C=O) groups is 1. The molecule has 126 valence electrons. The number of rotatable bonds is 4. The largest absolute Gasteiger partial charge is 0.339 e. The minimum atomic E-state index is -0.369. The van der Waals surface area contributed by atoms with Crippen LogP contribution in [-0.4, -0.2) is 12.2 Å². The maximum absolute atomic E-state index is 12.1. The Morgan fingerprint density at radius 1 is 0.960 bits per heavy atom. The van der Waals surface area contributed by atoms with Gasteiger partial charge in [-0.05, 0) is 28.5 Å². The zero-order valence-corrected chi connectivity index (χ0v) is 14.4. The molecule has 3 aromatic carbocycles. The summed E-state index contributed by atoms with van der Waals surface area (Å²) >= 11 is 0. The second kappa shape index (κ2) is 7.62. The monoisotopic (exact) mass is 331 g/mol. The van der Waals surface area contributed by atoms with E-state index in [0.717, 1.165) is 22.0 Å². The molecule has 4 heteroatoms. The maximum Gasteiger partial charge on any atom is 0.339 e. The van der Waals surface area contributed by atoms with E-state index in [-0.39, 0.29) is 6.03 Å². The Balaban J connectivity index is 1.62. The van der Waals surface area contributed by atoms with Crippen molar-refractivity contribution in [3.8, 4) is 0 Å². The van der Waals surface area contributed by atoms with E-state index in [9.17, 15) is 4.79 Å². The lowest BCUT2D eigenvalue weighted by molar-refractivity contribution is 0.252. The van der Waals surface area contributed by atoms with Crippen molar-refractivity contribution in [1.29, 1.82) is 0 Å². The number of fused-ring (bicyclic) bond motifs is 1. The smallest absolute Gasteiger partial charge is 0.306 e. The van der Waals surface area contributed by atoms with Gasteiger partial charge in [0.25, 0.3) is 0 Å². The van der Waals surface area contributed by atoms with Crippen LogP contribution in [0.2, 0.25) is 0 Å². The van der Waals surface area contributed by atoms with Gasteiger partial charge in [-0.1, -0.05) is 74.5 Å². The third-order valence-electron chi connectivity index (χ3n) is 4.02. The quantitative estimate of drug-likeness (QED) is 0.506. The Labute approximate surface area is 147 Å². The molecule has 0 fully saturated rings. The van der Waals surface area contributed by atoms with E-state index >= 15 is 0 Å². The lowest BCUT2D eigenvalue weighted by Gasteiger charge is -2.08. The first-order valence-electron chi connectivity index (χ1n) is 8.31. The van der Waals surface area contributed by atoms with Gasteiger partial charge in [0.1, 0.15) is 0 Å². The average molecular weight is 331 g/mol. The van der Waals surface area contributed by atoms with Gasteiger partial charge in [-0.2, -0.15) is 5.10 Å². The van der Waals surface area contributed by atoms with Gasteiger partial charge in [-0.15, -0.1) is 0 Å². The van der Waals surface area contributed by atoms with E-state index < -0.39 is 0 Å². The Kier molecular flexibility index (Phi) is 5.09. The summed E-state index contributed by atoms with van der Waals surface area (Å²) in [6, 6.07) is 21.5. The molecule has 2 N–H and O–H groups in total. The molecule has 3 rings (SSSR count). The molecule has 0 heterocycles. The minimum absolute atomic E-state index is 0.369. The molecule has 0 aromatic heterocycles. The highest BCUT2D eigenvalue weighted by atomic mass is 16.2. The topological polar surface area (TPSA) is 53.5 Å². The van der Waals surface area contributed by atoms with Gasteiger partial charge in [-0.25, -0.2) is 10.2 Å². The molecule has 0 aliphatic carbocycles. The number of hydrogen-bond donors (Lipinski definition) is 2. The normalized spacial score (nSPS) is 11.2.